The molecule has 0 saturated heterocycles. The van der Waals surface area contributed by atoms with Gasteiger partial charge in [-0.15, -0.1) is 0 Å². The van der Waals surface area contributed by atoms with E-state index in [2.05, 4.69) is 21.0 Å². The van der Waals surface area contributed by atoms with Gasteiger partial charge < -0.3 is 9.52 Å². The van der Waals surface area contributed by atoms with Crippen LogP contribution in [0.4, 0.5) is 0 Å². The van der Waals surface area contributed by atoms with Gasteiger partial charge in [0.25, 0.3) is 5.89 Å². The third kappa shape index (κ3) is 2.58. The lowest BCUT2D eigenvalue weighted by Crippen LogP contribution is -2.04. The Morgan fingerprint density at radius 1 is 1.33 bits per heavy atom. The average Bonchev–Trinajstić information content (AvgIpc) is 2.96. The normalized spacial score (nSPS) is 11.0. The van der Waals surface area contributed by atoms with Gasteiger partial charge in [-0.3, -0.25) is 0 Å². The van der Waals surface area contributed by atoms with Gasteiger partial charge in [0.05, 0.1) is 22.9 Å². The zero-order chi connectivity index (χ0) is 17.4. The minimum absolute atomic E-state index is 0.0319. The number of aryl methyl sites for hydroxylation is 1. The first kappa shape index (κ1) is 15.6. The Morgan fingerprint density at radius 2 is 2.08 bits per heavy atom. The number of aromatic carboxylic acids is 1. The van der Waals surface area contributed by atoms with Gasteiger partial charge in [-0.25, -0.2) is 19.7 Å². The molecule has 0 aliphatic rings. The predicted octanol–water partition coefficient (Wildman–Crippen LogP) is 3.29. The van der Waals surface area contributed by atoms with Crippen LogP contribution in [0.2, 0.25) is 0 Å². The molecule has 0 bridgehead atoms. The highest BCUT2D eigenvalue weighted by atomic mass is 16.4. The summed E-state index contributed by atoms with van der Waals surface area (Å²) in [6.07, 6.45) is 1.24. The smallest absolute Gasteiger partial charge is 0.339 e. The monoisotopic (exact) mass is 322 g/mol. The number of carboxylic acid groups (broad SMARTS) is 1. The van der Waals surface area contributed by atoms with E-state index in [0.29, 0.717) is 22.4 Å². The Bertz CT molecular complexity index is 999. The highest BCUT2D eigenvalue weighted by molar-refractivity contribution is 5.88. The van der Waals surface area contributed by atoms with Gasteiger partial charge in [0.1, 0.15) is 5.52 Å². The molecule has 0 fully saturated rings. The summed E-state index contributed by atoms with van der Waals surface area (Å²) in [6, 6.07) is 5.54. The molecule has 1 N–H and O–H groups in total. The number of aromatic nitrogens is 3. The number of fused-ring (bicyclic) bond motifs is 1. The third-order valence-electron chi connectivity index (χ3n) is 3.67. The number of rotatable bonds is 3. The van der Waals surface area contributed by atoms with Crippen LogP contribution < -0.4 is 0 Å². The Balaban J connectivity index is 2.18. The number of oxazole rings is 1. The molecule has 7 heteroatoms. The SMILES string of the molecule is Cc1nc(-c2nc3cc(C#N)cc(C(C)C)c3o2)ncc1C(=O)O. The lowest BCUT2D eigenvalue weighted by atomic mass is 10.00. The highest BCUT2D eigenvalue weighted by Gasteiger charge is 2.18. The second-order valence-corrected chi connectivity index (χ2v) is 5.70. The number of carbonyl (C=O) groups is 1. The fourth-order valence-electron chi connectivity index (χ4n) is 2.43. The number of hydrogen-bond donors (Lipinski definition) is 1. The topological polar surface area (TPSA) is 113 Å². The van der Waals surface area contributed by atoms with Gasteiger partial charge in [0.2, 0.25) is 5.82 Å². The van der Waals surface area contributed by atoms with E-state index in [4.69, 9.17) is 14.8 Å². The molecular weight excluding hydrogens is 308 g/mol. The van der Waals surface area contributed by atoms with Crippen molar-refractivity contribution in [3.8, 4) is 17.8 Å². The molecule has 1 aromatic carbocycles. The molecule has 2 heterocycles. The Hall–Kier alpha value is -3.27. The van der Waals surface area contributed by atoms with Crippen molar-refractivity contribution in [2.75, 3.05) is 0 Å². The quantitative estimate of drug-likeness (QED) is 0.787. The van der Waals surface area contributed by atoms with Crippen molar-refractivity contribution in [1.29, 1.82) is 5.26 Å². The number of carboxylic acids is 1. The molecule has 0 radical (unpaired) electrons. The van der Waals surface area contributed by atoms with Crippen LogP contribution in [0.1, 0.15) is 46.9 Å². The van der Waals surface area contributed by atoms with Crippen molar-refractivity contribution in [2.24, 2.45) is 0 Å². The van der Waals surface area contributed by atoms with E-state index in [1.165, 1.54) is 6.20 Å². The fourth-order valence-corrected chi connectivity index (χ4v) is 2.43. The number of hydrogen-bond acceptors (Lipinski definition) is 6. The van der Waals surface area contributed by atoms with Crippen LogP contribution in [0.15, 0.2) is 22.7 Å². The number of nitriles is 1. The summed E-state index contributed by atoms with van der Waals surface area (Å²) in [7, 11) is 0. The van der Waals surface area contributed by atoms with E-state index >= 15 is 0 Å². The van der Waals surface area contributed by atoms with Crippen molar-refractivity contribution in [3.63, 3.8) is 0 Å². The molecule has 0 unspecified atom stereocenters. The summed E-state index contributed by atoms with van der Waals surface area (Å²) in [5.74, 6) is -0.528. The molecule has 0 aliphatic carbocycles. The van der Waals surface area contributed by atoms with Gasteiger partial charge >= 0.3 is 5.97 Å². The van der Waals surface area contributed by atoms with E-state index in [9.17, 15) is 4.79 Å². The van der Waals surface area contributed by atoms with Crippen LogP contribution in [-0.4, -0.2) is 26.0 Å². The van der Waals surface area contributed by atoms with E-state index < -0.39 is 5.97 Å². The van der Waals surface area contributed by atoms with Gasteiger partial charge in [-0.2, -0.15) is 5.26 Å². The molecule has 24 heavy (non-hydrogen) atoms. The summed E-state index contributed by atoms with van der Waals surface area (Å²) < 4.78 is 5.81. The minimum atomic E-state index is -1.09. The molecule has 2 aromatic heterocycles. The van der Waals surface area contributed by atoms with E-state index in [1.807, 2.05) is 13.8 Å². The fraction of sp³-hybridized carbons (Fsp3) is 0.235. The first-order chi connectivity index (χ1) is 11.4. The predicted molar refractivity (Wildman–Crippen MR) is 85.5 cm³/mol. The molecule has 7 nitrogen and oxygen atoms in total. The largest absolute Gasteiger partial charge is 0.478 e. The van der Waals surface area contributed by atoms with Crippen molar-refractivity contribution in [3.05, 3.63) is 40.7 Å². The molecule has 0 amide bonds. The van der Waals surface area contributed by atoms with Gasteiger partial charge in [-0.05, 0) is 25.0 Å². The zero-order valence-electron chi connectivity index (χ0n) is 13.4. The summed E-state index contributed by atoms with van der Waals surface area (Å²) in [4.78, 5) is 23.6. The van der Waals surface area contributed by atoms with Crippen LogP contribution in [0.3, 0.4) is 0 Å². The summed E-state index contributed by atoms with van der Waals surface area (Å²) in [5.41, 5.74) is 2.88. The van der Waals surface area contributed by atoms with Crippen LogP contribution >= 0.6 is 0 Å². The van der Waals surface area contributed by atoms with Crippen LogP contribution in [0, 0.1) is 18.3 Å². The second kappa shape index (κ2) is 5.74. The number of benzene rings is 1. The zero-order valence-corrected chi connectivity index (χ0v) is 13.4. The lowest BCUT2D eigenvalue weighted by Gasteiger charge is -2.05. The first-order valence-electron chi connectivity index (χ1n) is 7.32. The average molecular weight is 322 g/mol. The third-order valence-corrected chi connectivity index (χ3v) is 3.67. The lowest BCUT2D eigenvalue weighted by molar-refractivity contribution is 0.0695. The van der Waals surface area contributed by atoms with Crippen LogP contribution in [0.25, 0.3) is 22.8 Å². The molecule has 0 aliphatic heterocycles. The van der Waals surface area contributed by atoms with Crippen molar-refractivity contribution >= 4 is 17.1 Å². The van der Waals surface area contributed by atoms with Gasteiger partial charge in [0, 0.05) is 11.8 Å². The van der Waals surface area contributed by atoms with E-state index in [-0.39, 0.29) is 23.2 Å². The van der Waals surface area contributed by atoms with Gasteiger partial charge in [0.15, 0.2) is 5.58 Å². The highest BCUT2D eigenvalue weighted by Crippen LogP contribution is 2.30. The van der Waals surface area contributed by atoms with Crippen LogP contribution in [-0.2, 0) is 0 Å². The Labute approximate surface area is 137 Å². The van der Waals surface area contributed by atoms with Crippen molar-refractivity contribution in [1.82, 2.24) is 15.0 Å². The molecule has 3 rings (SSSR count). The summed E-state index contributed by atoms with van der Waals surface area (Å²) in [6.45, 7) is 5.59. The molecule has 0 spiro atoms. The maximum Gasteiger partial charge on any atom is 0.339 e. The van der Waals surface area contributed by atoms with Crippen molar-refractivity contribution < 1.29 is 14.3 Å². The standard InChI is InChI=1S/C17H14N4O3/c1-8(2)11-4-10(6-18)5-13-14(11)24-16(21-13)15-19-7-12(17(22)23)9(3)20-15/h4-5,7-8H,1-3H3,(H,22,23). The van der Waals surface area contributed by atoms with Gasteiger partial charge in [-0.1, -0.05) is 13.8 Å². The minimum Gasteiger partial charge on any atom is -0.478 e. The molecule has 0 atom stereocenters. The molecule has 0 saturated carbocycles. The Morgan fingerprint density at radius 3 is 2.67 bits per heavy atom. The summed E-state index contributed by atoms with van der Waals surface area (Å²) >= 11 is 0. The van der Waals surface area contributed by atoms with E-state index in [1.54, 1.807) is 19.1 Å². The molecular formula is C17H14N4O3. The summed E-state index contributed by atoms with van der Waals surface area (Å²) in [5, 5.41) is 18.2. The second-order valence-electron chi connectivity index (χ2n) is 5.70. The molecule has 3 aromatic rings. The van der Waals surface area contributed by atoms with Crippen LogP contribution in [0.5, 0.6) is 0 Å². The maximum absolute atomic E-state index is 11.1. The van der Waals surface area contributed by atoms with E-state index in [0.717, 1.165) is 5.56 Å². The molecule has 120 valence electrons. The first-order valence-corrected chi connectivity index (χ1v) is 7.32. The van der Waals surface area contributed by atoms with Crippen molar-refractivity contribution in [2.45, 2.75) is 26.7 Å². The number of nitrogens with zero attached hydrogens (tertiary/aromatic N) is 4. The Kier molecular flexibility index (Phi) is 3.73. The maximum atomic E-state index is 11.1.